The molecule has 0 aromatic heterocycles. The Hall–Kier alpha value is -1.65. The van der Waals surface area contributed by atoms with Crippen molar-refractivity contribution in [2.24, 2.45) is 5.92 Å². The molecule has 0 heterocycles. The highest BCUT2D eigenvalue weighted by Crippen LogP contribution is 2.22. The third kappa shape index (κ3) is 8.63. The minimum absolute atomic E-state index is 0.175. The monoisotopic (exact) mass is 362 g/mol. The average Bonchev–Trinajstić information content (AvgIpc) is 2.66. The van der Waals surface area contributed by atoms with Gasteiger partial charge < -0.3 is 14.6 Å². The second kappa shape index (κ2) is 13.5. The Morgan fingerprint density at radius 3 is 2.58 bits per heavy atom. The predicted molar refractivity (Wildman–Crippen MR) is 105 cm³/mol. The summed E-state index contributed by atoms with van der Waals surface area (Å²) in [6, 6.07) is 9.92. The number of ether oxygens (including phenoxy) is 2. The normalized spacial score (nSPS) is 14.4. The summed E-state index contributed by atoms with van der Waals surface area (Å²) in [4.78, 5) is 12.1. The number of rotatable bonds is 14. The second-order valence-corrected chi connectivity index (χ2v) is 6.73. The molecular weight excluding hydrogens is 328 g/mol. The van der Waals surface area contributed by atoms with Gasteiger partial charge in [0.2, 0.25) is 0 Å². The van der Waals surface area contributed by atoms with Crippen LogP contribution in [0.15, 0.2) is 43.0 Å². The Balaban J connectivity index is 2.60. The van der Waals surface area contributed by atoms with E-state index in [1.165, 1.54) is 7.11 Å². The summed E-state index contributed by atoms with van der Waals surface area (Å²) in [5.41, 5.74) is 1.08. The van der Waals surface area contributed by atoms with Crippen LogP contribution in [-0.4, -0.2) is 30.4 Å². The molecule has 1 N–H and O–H groups in total. The first-order valence-electron chi connectivity index (χ1n) is 9.64. The molecule has 4 heteroatoms. The third-order valence-electron chi connectivity index (χ3n) is 4.60. The number of hydrogen-bond donors (Lipinski definition) is 1. The van der Waals surface area contributed by atoms with E-state index in [4.69, 9.17) is 9.47 Å². The van der Waals surface area contributed by atoms with E-state index >= 15 is 0 Å². The van der Waals surface area contributed by atoms with Crippen molar-refractivity contribution in [2.75, 3.05) is 7.11 Å². The SMILES string of the molecule is C=CC[C@H](C[C@@H](O)[C@@H](CCCCCC)C(=O)OC)OCc1ccccc1. The predicted octanol–water partition coefficient (Wildman–Crippen LogP) is 4.66. The summed E-state index contributed by atoms with van der Waals surface area (Å²) in [5.74, 6) is -0.834. The molecule has 1 aromatic carbocycles. The molecule has 0 aliphatic rings. The van der Waals surface area contributed by atoms with E-state index in [0.29, 0.717) is 25.9 Å². The van der Waals surface area contributed by atoms with Gasteiger partial charge in [-0.1, -0.05) is 69.0 Å². The molecule has 26 heavy (non-hydrogen) atoms. The minimum Gasteiger partial charge on any atom is -0.469 e. The fourth-order valence-electron chi connectivity index (χ4n) is 3.05. The number of carbonyl (C=O) groups excluding carboxylic acids is 1. The molecule has 1 rings (SSSR count). The summed E-state index contributed by atoms with van der Waals surface area (Å²) in [7, 11) is 1.38. The number of esters is 1. The zero-order valence-electron chi connectivity index (χ0n) is 16.2. The number of aliphatic hydroxyl groups is 1. The molecule has 0 saturated heterocycles. The molecule has 3 atom stereocenters. The molecule has 0 bridgehead atoms. The molecule has 0 amide bonds. The molecule has 0 radical (unpaired) electrons. The van der Waals surface area contributed by atoms with Crippen LogP contribution in [0.5, 0.6) is 0 Å². The van der Waals surface area contributed by atoms with Gasteiger partial charge in [0.1, 0.15) is 0 Å². The molecule has 0 fully saturated rings. The van der Waals surface area contributed by atoms with E-state index in [-0.39, 0.29) is 12.1 Å². The molecule has 0 spiro atoms. The molecule has 0 aliphatic heterocycles. The van der Waals surface area contributed by atoms with Crippen molar-refractivity contribution in [1.29, 1.82) is 0 Å². The van der Waals surface area contributed by atoms with Gasteiger partial charge in [-0.05, 0) is 18.4 Å². The first-order chi connectivity index (χ1) is 12.6. The van der Waals surface area contributed by atoms with Crippen molar-refractivity contribution in [3.8, 4) is 0 Å². The molecule has 0 aliphatic carbocycles. The zero-order valence-corrected chi connectivity index (χ0v) is 16.2. The average molecular weight is 363 g/mol. The minimum atomic E-state index is -0.773. The molecular formula is C22H34O4. The molecule has 0 saturated carbocycles. The van der Waals surface area contributed by atoms with Crippen molar-refractivity contribution in [3.63, 3.8) is 0 Å². The van der Waals surface area contributed by atoms with Gasteiger partial charge in [0, 0.05) is 6.42 Å². The molecule has 146 valence electrons. The van der Waals surface area contributed by atoms with Gasteiger partial charge in [-0.3, -0.25) is 4.79 Å². The molecule has 0 unspecified atom stereocenters. The van der Waals surface area contributed by atoms with Crippen LogP contribution in [0.3, 0.4) is 0 Å². The highest BCUT2D eigenvalue weighted by Gasteiger charge is 2.29. The summed E-state index contributed by atoms with van der Waals surface area (Å²) in [5, 5.41) is 10.6. The van der Waals surface area contributed by atoms with Crippen molar-refractivity contribution >= 4 is 5.97 Å². The number of benzene rings is 1. The largest absolute Gasteiger partial charge is 0.469 e. The lowest BCUT2D eigenvalue weighted by molar-refractivity contribution is -0.151. The second-order valence-electron chi connectivity index (χ2n) is 6.73. The fourth-order valence-corrected chi connectivity index (χ4v) is 3.05. The molecule has 1 aromatic rings. The first-order valence-corrected chi connectivity index (χ1v) is 9.64. The van der Waals surface area contributed by atoms with E-state index in [2.05, 4.69) is 13.5 Å². The molecule has 4 nitrogen and oxygen atoms in total. The van der Waals surface area contributed by atoms with Crippen LogP contribution in [-0.2, 0) is 20.9 Å². The maximum absolute atomic E-state index is 12.1. The van der Waals surface area contributed by atoms with Crippen LogP contribution in [0.25, 0.3) is 0 Å². The number of aliphatic hydroxyl groups excluding tert-OH is 1. The van der Waals surface area contributed by atoms with Crippen LogP contribution in [0.4, 0.5) is 0 Å². The van der Waals surface area contributed by atoms with Gasteiger partial charge in [0.05, 0.1) is 31.8 Å². The van der Waals surface area contributed by atoms with Crippen molar-refractivity contribution in [1.82, 2.24) is 0 Å². The van der Waals surface area contributed by atoms with Gasteiger partial charge in [-0.15, -0.1) is 6.58 Å². The van der Waals surface area contributed by atoms with Gasteiger partial charge in [-0.2, -0.15) is 0 Å². The maximum atomic E-state index is 12.1. The topological polar surface area (TPSA) is 55.8 Å². The smallest absolute Gasteiger partial charge is 0.311 e. The van der Waals surface area contributed by atoms with Gasteiger partial charge in [0.15, 0.2) is 0 Å². The van der Waals surface area contributed by atoms with Gasteiger partial charge in [0.25, 0.3) is 0 Å². The summed E-state index contributed by atoms with van der Waals surface area (Å²) in [6.07, 6.45) is 6.78. The van der Waals surface area contributed by atoms with Crippen molar-refractivity contribution < 1.29 is 19.4 Å². The van der Waals surface area contributed by atoms with E-state index in [9.17, 15) is 9.90 Å². The highest BCUT2D eigenvalue weighted by molar-refractivity contribution is 5.72. The Morgan fingerprint density at radius 1 is 1.23 bits per heavy atom. The van der Waals surface area contributed by atoms with Crippen LogP contribution < -0.4 is 0 Å². The van der Waals surface area contributed by atoms with E-state index in [1.54, 1.807) is 6.08 Å². The summed E-state index contributed by atoms with van der Waals surface area (Å²) >= 11 is 0. The number of unbranched alkanes of at least 4 members (excludes halogenated alkanes) is 3. The zero-order chi connectivity index (χ0) is 19.2. The van der Waals surface area contributed by atoms with Crippen LogP contribution in [0.2, 0.25) is 0 Å². The Bertz CT molecular complexity index is 500. The van der Waals surface area contributed by atoms with E-state index in [1.807, 2.05) is 30.3 Å². The van der Waals surface area contributed by atoms with Crippen LogP contribution >= 0.6 is 0 Å². The highest BCUT2D eigenvalue weighted by atomic mass is 16.5. The third-order valence-corrected chi connectivity index (χ3v) is 4.60. The Labute approximate surface area is 158 Å². The van der Waals surface area contributed by atoms with Crippen molar-refractivity contribution in [3.05, 3.63) is 48.6 Å². The van der Waals surface area contributed by atoms with E-state index < -0.39 is 12.0 Å². The number of carbonyl (C=O) groups is 1. The number of methoxy groups -OCH3 is 1. The summed E-state index contributed by atoms with van der Waals surface area (Å²) in [6.45, 7) is 6.40. The lowest BCUT2D eigenvalue weighted by atomic mass is 9.91. The van der Waals surface area contributed by atoms with E-state index in [0.717, 1.165) is 31.2 Å². The van der Waals surface area contributed by atoms with Crippen LogP contribution in [0, 0.1) is 5.92 Å². The lowest BCUT2D eigenvalue weighted by Crippen LogP contribution is -2.33. The quantitative estimate of drug-likeness (QED) is 0.297. The Morgan fingerprint density at radius 2 is 1.96 bits per heavy atom. The Kier molecular flexibility index (Phi) is 11.7. The lowest BCUT2D eigenvalue weighted by Gasteiger charge is -2.25. The summed E-state index contributed by atoms with van der Waals surface area (Å²) < 4.78 is 10.9. The standard InChI is InChI=1S/C22H34O4/c1-4-6-7-11-15-20(22(24)25-3)21(23)16-19(12-5-2)26-17-18-13-9-8-10-14-18/h5,8-10,13-14,19-21,23H,2,4,6-7,11-12,15-17H2,1,3H3/t19-,20-,21-/m1/s1. The van der Waals surface area contributed by atoms with Crippen LogP contribution in [0.1, 0.15) is 57.4 Å². The van der Waals surface area contributed by atoms with Gasteiger partial charge >= 0.3 is 5.97 Å². The fraction of sp³-hybridized carbons (Fsp3) is 0.591. The van der Waals surface area contributed by atoms with Crippen molar-refractivity contribution in [2.45, 2.75) is 70.7 Å². The maximum Gasteiger partial charge on any atom is 0.311 e. The number of hydrogen-bond acceptors (Lipinski definition) is 4. The van der Waals surface area contributed by atoms with Gasteiger partial charge in [-0.25, -0.2) is 0 Å². The first kappa shape index (κ1) is 22.4.